The van der Waals surface area contributed by atoms with Crippen molar-refractivity contribution in [1.82, 2.24) is 9.80 Å². The van der Waals surface area contributed by atoms with Crippen LogP contribution in [0.3, 0.4) is 0 Å². The van der Waals surface area contributed by atoms with Crippen LogP contribution < -0.4 is 4.90 Å². The molecule has 31 heavy (non-hydrogen) atoms. The van der Waals surface area contributed by atoms with E-state index in [1.165, 1.54) is 16.7 Å². The maximum Gasteiger partial charge on any atom is 0.410 e. The summed E-state index contributed by atoms with van der Waals surface area (Å²) in [5.41, 5.74) is 2.22. The standard InChI is InChI=1S/C22H29N3O4S2/c1-14-6-7-16(12-15(14)2)25-18(26)13-17(19(25)27)31-21(30)24-10-8-23(9-11-24)20(28)29-22(3,4)5/h6-7,12,17H,8-11,13H2,1-5H3/t17-/m1/s1. The predicted octanol–water partition coefficient (Wildman–Crippen LogP) is 3.51. The first-order valence-corrected chi connectivity index (χ1v) is 11.6. The van der Waals surface area contributed by atoms with E-state index < -0.39 is 10.9 Å². The highest BCUT2D eigenvalue weighted by molar-refractivity contribution is 8.23. The van der Waals surface area contributed by atoms with Crippen LogP contribution in [0.5, 0.6) is 0 Å². The molecule has 1 atom stereocenters. The number of piperazine rings is 1. The summed E-state index contributed by atoms with van der Waals surface area (Å²) in [7, 11) is 0. The lowest BCUT2D eigenvalue weighted by molar-refractivity contribution is -0.121. The highest BCUT2D eigenvalue weighted by Gasteiger charge is 2.41. The lowest BCUT2D eigenvalue weighted by atomic mass is 10.1. The SMILES string of the molecule is Cc1ccc(N2C(=O)C[C@@H](SC(=S)N3CCN(C(=O)OC(C)(C)C)CC3)C2=O)cc1C. The summed E-state index contributed by atoms with van der Waals surface area (Å²) < 4.78 is 6.00. The Labute approximate surface area is 193 Å². The Bertz CT molecular complexity index is 905. The maximum atomic E-state index is 12.9. The number of aryl methyl sites for hydroxylation is 2. The van der Waals surface area contributed by atoms with Crippen LogP contribution in [0.15, 0.2) is 18.2 Å². The van der Waals surface area contributed by atoms with Crippen LogP contribution in [0.25, 0.3) is 0 Å². The van der Waals surface area contributed by atoms with Crippen molar-refractivity contribution in [2.45, 2.75) is 51.9 Å². The van der Waals surface area contributed by atoms with E-state index >= 15 is 0 Å². The molecule has 168 valence electrons. The number of amides is 3. The average Bonchev–Trinajstić information content (AvgIpc) is 2.96. The van der Waals surface area contributed by atoms with E-state index in [0.717, 1.165) is 11.1 Å². The van der Waals surface area contributed by atoms with Gasteiger partial charge in [0.25, 0.3) is 0 Å². The third-order valence-corrected chi connectivity index (χ3v) is 6.95. The van der Waals surface area contributed by atoms with E-state index in [-0.39, 0.29) is 24.3 Å². The normalized spacial score (nSPS) is 19.8. The molecule has 3 rings (SSSR count). The first-order chi connectivity index (χ1) is 14.5. The smallest absolute Gasteiger partial charge is 0.410 e. The van der Waals surface area contributed by atoms with Crippen molar-refractivity contribution < 1.29 is 19.1 Å². The van der Waals surface area contributed by atoms with Gasteiger partial charge in [0, 0.05) is 32.6 Å². The van der Waals surface area contributed by atoms with E-state index in [2.05, 4.69) is 0 Å². The molecule has 0 spiro atoms. The second kappa shape index (κ2) is 9.16. The molecule has 0 radical (unpaired) electrons. The van der Waals surface area contributed by atoms with E-state index in [4.69, 9.17) is 17.0 Å². The third-order valence-electron chi connectivity index (χ3n) is 5.29. The molecule has 2 saturated heterocycles. The molecular formula is C22H29N3O4S2. The monoisotopic (exact) mass is 463 g/mol. The third kappa shape index (κ3) is 5.57. The minimum Gasteiger partial charge on any atom is -0.444 e. The summed E-state index contributed by atoms with van der Waals surface area (Å²) in [4.78, 5) is 42.6. The Morgan fingerprint density at radius 3 is 2.26 bits per heavy atom. The van der Waals surface area contributed by atoms with Crippen molar-refractivity contribution in [1.29, 1.82) is 0 Å². The van der Waals surface area contributed by atoms with Gasteiger partial charge in [-0.25, -0.2) is 9.69 Å². The van der Waals surface area contributed by atoms with E-state index in [0.29, 0.717) is 36.2 Å². The predicted molar refractivity (Wildman–Crippen MR) is 126 cm³/mol. The molecule has 9 heteroatoms. The quantitative estimate of drug-likeness (QED) is 0.491. The highest BCUT2D eigenvalue weighted by Crippen LogP contribution is 2.32. The Morgan fingerprint density at radius 2 is 1.68 bits per heavy atom. The number of benzene rings is 1. The molecule has 0 bridgehead atoms. The van der Waals surface area contributed by atoms with Crippen molar-refractivity contribution in [3.8, 4) is 0 Å². The molecular weight excluding hydrogens is 434 g/mol. The number of carbonyl (C=O) groups is 3. The average molecular weight is 464 g/mol. The molecule has 2 aliphatic heterocycles. The summed E-state index contributed by atoms with van der Waals surface area (Å²) in [6, 6.07) is 5.59. The van der Waals surface area contributed by atoms with Gasteiger partial charge in [-0.2, -0.15) is 0 Å². The zero-order valence-corrected chi connectivity index (χ0v) is 20.3. The summed E-state index contributed by atoms with van der Waals surface area (Å²) in [5.74, 6) is -0.434. The summed E-state index contributed by atoms with van der Waals surface area (Å²) >= 11 is 6.82. The van der Waals surface area contributed by atoms with Crippen LogP contribution in [0.2, 0.25) is 0 Å². The Hall–Kier alpha value is -2.13. The molecule has 0 unspecified atom stereocenters. The zero-order valence-electron chi connectivity index (χ0n) is 18.6. The molecule has 1 aromatic rings. The fraction of sp³-hybridized carbons (Fsp3) is 0.545. The van der Waals surface area contributed by atoms with Crippen molar-refractivity contribution >= 4 is 51.9 Å². The van der Waals surface area contributed by atoms with Gasteiger partial charge in [0.05, 0.1) is 5.69 Å². The summed E-state index contributed by atoms with van der Waals surface area (Å²) in [6.07, 6.45) is -0.194. The largest absolute Gasteiger partial charge is 0.444 e. The maximum absolute atomic E-state index is 12.9. The van der Waals surface area contributed by atoms with Crippen LogP contribution in [0, 0.1) is 13.8 Å². The van der Waals surface area contributed by atoms with Crippen LogP contribution in [0.4, 0.5) is 10.5 Å². The van der Waals surface area contributed by atoms with Crippen LogP contribution >= 0.6 is 24.0 Å². The first-order valence-electron chi connectivity index (χ1n) is 10.3. The Balaban J connectivity index is 1.56. The van der Waals surface area contributed by atoms with Gasteiger partial charge in [0.1, 0.15) is 15.2 Å². The topological polar surface area (TPSA) is 70.2 Å². The molecule has 0 aliphatic carbocycles. The van der Waals surface area contributed by atoms with Gasteiger partial charge in [-0.3, -0.25) is 9.59 Å². The number of nitrogens with zero attached hydrogens (tertiary/aromatic N) is 3. The number of hydrogen-bond donors (Lipinski definition) is 0. The molecule has 7 nitrogen and oxygen atoms in total. The highest BCUT2D eigenvalue weighted by atomic mass is 32.2. The second-order valence-electron chi connectivity index (χ2n) is 8.87. The zero-order chi connectivity index (χ0) is 22.9. The number of anilines is 1. The summed E-state index contributed by atoms with van der Waals surface area (Å²) in [6.45, 7) is 11.6. The van der Waals surface area contributed by atoms with Gasteiger partial charge in [0.2, 0.25) is 11.8 Å². The van der Waals surface area contributed by atoms with Gasteiger partial charge >= 0.3 is 6.09 Å². The number of rotatable bonds is 2. The van der Waals surface area contributed by atoms with Gasteiger partial charge in [-0.15, -0.1) is 0 Å². The van der Waals surface area contributed by atoms with Crippen LogP contribution in [-0.2, 0) is 14.3 Å². The number of thioether (sulfide) groups is 1. The van der Waals surface area contributed by atoms with Crippen LogP contribution in [0.1, 0.15) is 38.3 Å². The summed E-state index contributed by atoms with van der Waals surface area (Å²) in [5, 5.41) is -0.523. The first kappa shape index (κ1) is 23.5. The van der Waals surface area contributed by atoms with Gasteiger partial charge in [0.15, 0.2) is 0 Å². The lowest BCUT2D eigenvalue weighted by Gasteiger charge is -2.36. The van der Waals surface area contributed by atoms with E-state index in [9.17, 15) is 14.4 Å². The minimum absolute atomic E-state index is 0.133. The number of imide groups is 1. The Kier molecular flexibility index (Phi) is 6.95. The molecule has 0 aromatic heterocycles. The van der Waals surface area contributed by atoms with Crippen LogP contribution in [-0.4, -0.2) is 69.1 Å². The van der Waals surface area contributed by atoms with Gasteiger partial charge in [-0.05, 0) is 57.9 Å². The molecule has 1 aromatic carbocycles. The number of hydrogen-bond acceptors (Lipinski definition) is 6. The minimum atomic E-state index is -0.531. The molecule has 0 N–H and O–H groups in total. The van der Waals surface area contributed by atoms with E-state index in [1.54, 1.807) is 11.0 Å². The lowest BCUT2D eigenvalue weighted by Crippen LogP contribution is -2.51. The molecule has 0 saturated carbocycles. The van der Waals surface area contributed by atoms with Crippen molar-refractivity contribution in [3.05, 3.63) is 29.3 Å². The van der Waals surface area contributed by atoms with Gasteiger partial charge < -0.3 is 14.5 Å². The fourth-order valence-electron chi connectivity index (χ4n) is 3.43. The number of ether oxygens (including phenoxy) is 1. The fourth-order valence-corrected chi connectivity index (χ4v) is 4.96. The second-order valence-corrected chi connectivity index (χ2v) is 10.7. The molecule has 2 fully saturated rings. The van der Waals surface area contributed by atoms with Crippen molar-refractivity contribution in [3.63, 3.8) is 0 Å². The number of carbonyl (C=O) groups excluding carboxylic acids is 3. The number of thiocarbonyl (C=S) groups is 1. The van der Waals surface area contributed by atoms with Crippen molar-refractivity contribution in [2.75, 3.05) is 31.1 Å². The molecule has 2 aliphatic rings. The molecule has 3 amide bonds. The Morgan fingerprint density at radius 1 is 1.06 bits per heavy atom. The van der Waals surface area contributed by atoms with Crippen molar-refractivity contribution in [2.24, 2.45) is 0 Å². The van der Waals surface area contributed by atoms with Gasteiger partial charge in [-0.1, -0.05) is 30.0 Å². The molecule has 2 heterocycles. The van der Waals surface area contributed by atoms with E-state index in [1.807, 2.05) is 51.7 Å².